The summed E-state index contributed by atoms with van der Waals surface area (Å²) in [4.78, 5) is 0.326. The van der Waals surface area contributed by atoms with Crippen LogP contribution in [-0.4, -0.2) is 25.3 Å². The highest BCUT2D eigenvalue weighted by Crippen LogP contribution is 2.45. The van der Waals surface area contributed by atoms with E-state index in [1.807, 2.05) is 55.5 Å². The monoisotopic (exact) mass is 403 g/mol. The lowest BCUT2D eigenvalue weighted by Crippen LogP contribution is -2.37. The van der Waals surface area contributed by atoms with Crippen molar-refractivity contribution in [3.63, 3.8) is 0 Å². The van der Waals surface area contributed by atoms with Gasteiger partial charge in [-0.15, -0.1) is 6.58 Å². The van der Waals surface area contributed by atoms with E-state index < -0.39 is 15.4 Å². The zero-order chi connectivity index (χ0) is 20.5. The van der Waals surface area contributed by atoms with Crippen LogP contribution in [0, 0.1) is 6.92 Å². The highest BCUT2D eigenvalue weighted by Gasteiger charge is 2.49. The molecule has 1 aliphatic rings. The molecule has 1 heterocycles. The minimum absolute atomic E-state index is 0.276. The first kappa shape index (κ1) is 19.6. The quantitative estimate of drug-likeness (QED) is 0.567. The van der Waals surface area contributed by atoms with Crippen LogP contribution in [0.3, 0.4) is 0 Å². The number of hydrogen-bond donors (Lipinski definition) is 0. The molecule has 4 rings (SSSR count). The van der Waals surface area contributed by atoms with E-state index in [0.717, 1.165) is 16.7 Å². The van der Waals surface area contributed by atoms with E-state index >= 15 is 0 Å². The fraction of sp³-hybridized carbons (Fsp3) is 0.200. The highest BCUT2D eigenvalue weighted by molar-refractivity contribution is 7.89. The number of hydrogen-bond acceptors (Lipinski definition) is 2. The first-order valence-electron chi connectivity index (χ1n) is 9.79. The molecule has 0 N–H and O–H groups in total. The summed E-state index contributed by atoms with van der Waals surface area (Å²) in [5, 5.41) is 0. The van der Waals surface area contributed by atoms with Crippen LogP contribution in [0.15, 0.2) is 102 Å². The van der Waals surface area contributed by atoms with Gasteiger partial charge >= 0.3 is 0 Å². The molecule has 1 saturated heterocycles. The van der Waals surface area contributed by atoms with Crippen molar-refractivity contribution in [3.05, 3.63) is 114 Å². The number of sulfonamides is 1. The zero-order valence-electron chi connectivity index (χ0n) is 16.5. The number of nitrogens with zero attached hydrogens (tertiary/aromatic N) is 1. The molecule has 3 nitrogen and oxygen atoms in total. The van der Waals surface area contributed by atoms with Crippen LogP contribution in [0.4, 0.5) is 0 Å². The molecule has 4 heteroatoms. The Morgan fingerprint density at radius 2 is 1.41 bits per heavy atom. The molecular formula is C25H25NO2S. The number of rotatable bonds is 5. The van der Waals surface area contributed by atoms with Gasteiger partial charge in [0.15, 0.2) is 0 Å². The van der Waals surface area contributed by atoms with Crippen molar-refractivity contribution < 1.29 is 8.42 Å². The standard InChI is InChI=1S/C25H25NO2S/c1-3-23-18-25(21-10-6-4-7-11-21,22-12-8-5-9-13-22)19-26(23)29(27,28)24-16-14-20(2)15-17-24/h3-17,23H,1,18-19H2,2H3. The third-order valence-corrected chi connectivity index (χ3v) is 7.79. The molecule has 0 aliphatic carbocycles. The topological polar surface area (TPSA) is 37.4 Å². The van der Waals surface area contributed by atoms with Crippen LogP contribution in [0.5, 0.6) is 0 Å². The second kappa shape index (κ2) is 7.62. The second-order valence-corrected chi connectivity index (χ2v) is 9.58. The lowest BCUT2D eigenvalue weighted by atomic mass is 9.73. The Balaban J connectivity index is 1.84. The molecular weight excluding hydrogens is 378 g/mol. The van der Waals surface area contributed by atoms with E-state index in [1.165, 1.54) is 0 Å². The smallest absolute Gasteiger partial charge is 0.207 e. The fourth-order valence-corrected chi connectivity index (χ4v) is 5.97. The largest absolute Gasteiger partial charge is 0.243 e. The summed E-state index contributed by atoms with van der Waals surface area (Å²) in [6.45, 7) is 6.30. The van der Waals surface area contributed by atoms with Gasteiger partial charge in [-0.1, -0.05) is 84.4 Å². The molecule has 0 bridgehead atoms. The van der Waals surface area contributed by atoms with E-state index in [-0.39, 0.29) is 6.04 Å². The minimum atomic E-state index is -3.64. The third kappa shape index (κ3) is 3.43. The second-order valence-electron chi connectivity index (χ2n) is 7.68. The molecule has 0 aromatic heterocycles. The Morgan fingerprint density at radius 3 is 1.90 bits per heavy atom. The molecule has 1 aliphatic heterocycles. The number of benzene rings is 3. The Kier molecular flexibility index (Phi) is 5.15. The summed E-state index contributed by atoms with van der Waals surface area (Å²) < 4.78 is 28.7. The molecule has 0 radical (unpaired) electrons. The highest BCUT2D eigenvalue weighted by atomic mass is 32.2. The Labute approximate surface area is 173 Å². The van der Waals surface area contributed by atoms with Gasteiger partial charge in [0.1, 0.15) is 0 Å². The summed E-state index contributed by atoms with van der Waals surface area (Å²) >= 11 is 0. The van der Waals surface area contributed by atoms with E-state index in [2.05, 4.69) is 30.8 Å². The van der Waals surface area contributed by atoms with E-state index in [1.54, 1.807) is 22.5 Å². The first-order chi connectivity index (χ1) is 14.0. The molecule has 0 amide bonds. The summed E-state index contributed by atoms with van der Waals surface area (Å²) in [6, 6.07) is 27.2. The van der Waals surface area contributed by atoms with Crippen LogP contribution in [0.1, 0.15) is 23.1 Å². The number of aryl methyl sites for hydroxylation is 1. The molecule has 1 atom stereocenters. The van der Waals surface area contributed by atoms with Gasteiger partial charge in [0, 0.05) is 18.0 Å². The van der Waals surface area contributed by atoms with Crippen molar-refractivity contribution in [1.82, 2.24) is 4.31 Å². The van der Waals surface area contributed by atoms with Crippen molar-refractivity contribution in [2.45, 2.75) is 29.7 Å². The van der Waals surface area contributed by atoms with Crippen LogP contribution >= 0.6 is 0 Å². The lowest BCUT2D eigenvalue weighted by Gasteiger charge is -2.30. The molecule has 3 aromatic carbocycles. The van der Waals surface area contributed by atoms with Crippen molar-refractivity contribution in [2.75, 3.05) is 6.54 Å². The summed E-state index contributed by atoms with van der Waals surface area (Å²) in [6.07, 6.45) is 2.43. The maximum atomic E-state index is 13.5. The Morgan fingerprint density at radius 1 is 0.897 bits per heavy atom. The predicted molar refractivity (Wildman–Crippen MR) is 117 cm³/mol. The van der Waals surface area contributed by atoms with Crippen LogP contribution in [0.25, 0.3) is 0 Å². The van der Waals surface area contributed by atoms with Crippen LogP contribution in [0.2, 0.25) is 0 Å². The normalized spacial score (nSPS) is 19.1. The van der Waals surface area contributed by atoms with Gasteiger partial charge in [0.05, 0.1) is 4.90 Å². The molecule has 29 heavy (non-hydrogen) atoms. The van der Waals surface area contributed by atoms with Crippen molar-refractivity contribution in [2.24, 2.45) is 0 Å². The van der Waals surface area contributed by atoms with Gasteiger partial charge in [-0.05, 0) is 36.6 Å². The lowest BCUT2D eigenvalue weighted by molar-refractivity contribution is 0.423. The zero-order valence-corrected chi connectivity index (χ0v) is 17.3. The summed E-state index contributed by atoms with van der Waals surface area (Å²) in [7, 11) is -3.64. The van der Waals surface area contributed by atoms with Crippen LogP contribution in [-0.2, 0) is 15.4 Å². The van der Waals surface area contributed by atoms with E-state index in [4.69, 9.17) is 0 Å². The molecule has 1 fully saturated rings. The fourth-order valence-electron chi connectivity index (χ4n) is 4.32. The predicted octanol–water partition coefficient (Wildman–Crippen LogP) is 4.93. The molecule has 3 aromatic rings. The van der Waals surface area contributed by atoms with Gasteiger partial charge < -0.3 is 0 Å². The van der Waals surface area contributed by atoms with Gasteiger partial charge in [-0.2, -0.15) is 4.31 Å². The molecule has 1 unspecified atom stereocenters. The molecule has 0 saturated carbocycles. The average Bonchev–Trinajstić information content (AvgIpc) is 3.17. The SMILES string of the molecule is C=CC1CC(c2ccccc2)(c2ccccc2)CN1S(=O)(=O)c1ccc(C)cc1. The van der Waals surface area contributed by atoms with Crippen LogP contribution < -0.4 is 0 Å². The maximum Gasteiger partial charge on any atom is 0.243 e. The molecule has 148 valence electrons. The third-order valence-electron chi connectivity index (χ3n) is 5.91. The van der Waals surface area contributed by atoms with Gasteiger partial charge in [0.25, 0.3) is 0 Å². The molecule has 0 spiro atoms. The Hall–Kier alpha value is -2.69. The van der Waals surface area contributed by atoms with Crippen molar-refractivity contribution >= 4 is 10.0 Å². The van der Waals surface area contributed by atoms with Gasteiger partial charge in [-0.25, -0.2) is 8.42 Å². The average molecular weight is 404 g/mol. The minimum Gasteiger partial charge on any atom is -0.207 e. The van der Waals surface area contributed by atoms with E-state index in [0.29, 0.717) is 17.9 Å². The van der Waals surface area contributed by atoms with E-state index in [9.17, 15) is 8.42 Å². The summed E-state index contributed by atoms with van der Waals surface area (Å²) in [5.41, 5.74) is 2.87. The Bertz CT molecular complexity index is 1050. The van der Waals surface area contributed by atoms with Gasteiger partial charge in [-0.3, -0.25) is 0 Å². The van der Waals surface area contributed by atoms with Crippen molar-refractivity contribution in [1.29, 1.82) is 0 Å². The summed E-state index contributed by atoms with van der Waals surface area (Å²) in [5.74, 6) is 0. The first-order valence-corrected chi connectivity index (χ1v) is 11.2. The maximum absolute atomic E-state index is 13.5. The van der Waals surface area contributed by atoms with Gasteiger partial charge in [0.2, 0.25) is 10.0 Å². The van der Waals surface area contributed by atoms with Crippen molar-refractivity contribution in [3.8, 4) is 0 Å².